The summed E-state index contributed by atoms with van der Waals surface area (Å²) in [5.74, 6) is -0.147. The number of ether oxygens (including phenoxy) is 2. The summed E-state index contributed by atoms with van der Waals surface area (Å²) < 4.78 is 11.0. The fraction of sp³-hybridized carbons (Fsp3) is 0.636. The Balaban J connectivity index is 1.84. The maximum atomic E-state index is 12.5. The van der Waals surface area contributed by atoms with E-state index < -0.39 is 11.9 Å². The van der Waals surface area contributed by atoms with Crippen LogP contribution in [0.3, 0.4) is 0 Å². The minimum Gasteiger partial charge on any atom is -0.462 e. The van der Waals surface area contributed by atoms with E-state index in [-0.39, 0.29) is 6.10 Å². The average Bonchev–Trinajstić information content (AvgIpc) is 2.65. The highest BCUT2D eigenvalue weighted by Crippen LogP contribution is 2.22. The summed E-state index contributed by atoms with van der Waals surface area (Å²) in [5, 5.41) is 0. The van der Waals surface area contributed by atoms with Crippen LogP contribution in [0.15, 0.2) is 24.3 Å². The molecule has 2 rings (SSSR count). The van der Waals surface area contributed by atoms with E-state index in [9.17, 15) is 9.59 Å². The first-order valence-electron chi connectivity index (χ1n) is 10.0. The zero-order valence-corrected chi connectivity index (χ0v) is 16.2. The quantitative estimate of drug-likeness (QED) is 0.428. The van der Waals surface area contributed by atoms with E-state index >= 15 is 0 Å². The molecule has 0 radical (unpaired) electrons. The van der Waals surface area contributed by atoms with Crippen molar-refractivity contribution in [3.05, 3.63) is 35.4 Å². The maximum absolute atomic E-state index is 12.5. The van der Waals surface area contributed by atoms with E-state index in [0.29, 0.717) is 23.7 Å². The van der Waals surface area contributed by atoms with Crippen LogP contribution in [0.4, 0.5) is 0 Å². The Kier molecular flexibility index (Phi) is 8.66. The molecular weight excluding hydrogens is 328 g/mol. The number of rotatable bonds is 9. The molecule has 0 N–H and O–H groups in total. The molecule has 1 aliphatic carbocycles. The van der Waals surface area contributed by atoms with Crippen molar-refractivity contribution in [3.8, 4) is 0 Å². The van der Waals surface area contributed by atoms with Crippen LogP contribution in [-0.2, 0) is 9.47 Å². The minimum absolute atomic E-state index is 0.0266. The number of esters is 2. The largest absolute Gasteiger partial charge is 0.462 e. The fourth-order valence-electron chi connectivity index (χ4n) is 3.31. The fourth-order valence-corrected chi connectivity index (χ4v) is 3.31. The van der Waals surface area contributed by atoms with Gasteiger partial charge in [-0.25, -0.2) is 9.59 Å². The summed E-state index contributed by atoms with van der Waals surface area (Å²) in [6, 6.07) is 6.78. The highest BCUT2D eigenvalue weighted by atomic mass is 16.5. The molecule has 1 aliphatic rings. The topological polar surface area (TPSA) is 52.6 Å². The second-order valence-electron chi connectivity index (χ2n) is 7.59. The zero-order chi connectivity index (χ0) is 18.8. The van der Waals surface area contributed by atoms with Crippen LogP contribution in [0.1, 0.15) is 92.4 Å². The summed E-state index contributed by atoms with van der Waals surface area (Å²) >= 11 is 0. The first kappa shape index (κ1) is 20.5. The Hall–Kier alpha value is -1.84. The van der Waals surface area contributed by atoms with Crippen LogP contribution >= 0.6 is 0 Å². The maximum Gasteiger partial charge on any atom is 0.339 e. The third kappa shape index (κ3) is 6.81. The number of hydrogen-bond acceptors (Lipinski definition) is 4. The van der Waals surface area contributed by atoms with Crippen molar-refractivity contribution in [2.24, 2.45) is 5.92 Å². The molecule has 26 heavy (non-hydrogen) atoms. The van der Waals surface area contributed by atoms with Crippen molar-refractivity contribution < 1.29 is 19.1 Å². The molecule has 1 saturated carbocycles. The van der Waals surface area contributed by atoms with Gasteiger partial charge in [-0.15, -0.1) is 0 Å². The molecule has 0 aromatic heterocycles. The smallest absolute Gasteiger partial charge is 0.339 e. The van der Waals surface area contributed by atoms with Gasteiger partial charge in [-0.1, -0.05) is 51.7 Å². The molecular formula is C22H32O4. The molecule has 1 fully saturated rings. The predicted molar refractivity (Wildman–Crippen MR) is 102 cm³/mol. The van der Waals surface area contributed by atoms with Crippen molar-refractivity contribution in [3.63, 3.8) is 0 Å². The van der Waals surface area contributed by atoms with Gasteiger partial charge in [0, 0.05) is 0 Å². The molecule has 1 aromatic rings. The number of carbonyl (C=O) groups excluding carboxylic acids is 2. The Labute approximate surface area is 157 Å². The van der Waals surface area contributed by atoms with Gasteiger partial charge in [-0.05, 0) is 50.2 Å². The van der Waals surface area contributed by atoms with Gasteiger partial charge < -0.3 is 9.47 Å². The van der Waals surface area contributed by atoms with E-state index in [2.05, 4.69) is 13.8 Å². The highest BCUT2D eigenvalue weighted by Gasteiger charge is 2.23. The van der Waals surface area contributed by atoms with Crippen LogP contribution in [0.25, 0.3) is 0 Å². The van der Waals surface area contributed by atoms with E-state index in [1.807, 2.05) is 0 Å². The number of unbranched alkanes of at least 4 members (excludes halogenated alkanes) is 2. The summed E-state index contributed by atoms with van der Waals surface area (Å²) in [7, 11) is 0. The van der Waals surface area contributed by atoms with Gasteiger partial charge in [0.25, 0.3) is 0 Å². The van der Waals surface area contributed by atoms with Gasteiger partial charge in [-0.2, -0.15) is 0 Å². The van der Waals surface area contributed by atoms with Crippen LogP contribution in [0.2, 0.25) is 0 Å². The molecule has 0 amide bonds. The van der Waals surface area contributed by atoms with Gasteiger partial charge in [0.15, 0.2) is 0 Å². The Morgan fingerprint density at radius 3 is 2.27 bits per heavy atom. The molecule has 4 heteroatoms. The second kappa shape index (κ2) is 11.0. The first-order chi connectivity index (χ1) is 12.6. The molecule has 0 saturated heterocycles. The zero-order valence-electron chi connectivity index (χ0n) is 16.2. The number of hydrogen-bond donors (Lipinski definition) is 0. The monoisotopic (exact) mass is 360 g/mol. The molecule has 0 atom stereocenters. The summed E-state index contributed by atoms with van der Waals surface area (Å²) in [5.41, 5.74) is 0.610. The molecule has 0 spiro atoms. The summed E-state index contributed by atoms with van der Waals surface area (Å²) in [6.07, 6.45) is 9.45. The van der Waals surface area contributed by atoms with Gasteiger partial charge >= 0.3 is 11.9 Å². The standard InChI is InChI=1S/C22H32O4/c1-17(2)11-5-4-10-16-25-21(23)19-14-8-9-15-20(19)22(24)26-18-12-6-3-7-13-18/h8-9,14-15,17-18H,3-7,10-13,16H2,1-2H3. The molecule has 0 unspecified atom stereocenters. The SMILES string of the molecule is CC(C)CCCCCOC(=O)c1ccccc1C(=O)OC1CCCCC1. The predicted octanol–water partition coefficient (Wildman–Crippen LogP) is 5.55. The molecule has 0 bridgehead atoms. The van der Waals surface area contributed by atoms with Gasteiger partial charge in [0.2, 0.25) is 0 Å². The Morgan fingerprint density at radius 1 is 0.962 bits per heavy atom. The van der Waals surface area contributed by atoms with Gasteiger partial charge in [-0.3, -0.25) is 0 Å². The van der Waals surface area contributed by atoms with Crippen molar-refractivity contribution in [1.82, 2.24) is 0 Å². The van der Waals surface area contributed by atoms with E-state index in [1.54, 1.807) is 24.3 Å². The van der Waals surface area contributed by atoms with Crippen LogP contribution in [-0.4, -0.2) is 24.6 Å². The lowest BCUT2D eigenvalue weighted by atomic mass is 9.97. The molecule has 0 aliphatic heterocycles. The third-order valence-corrected chi connectivity index (χ3v) is 4.85. The summed E-state index contributed by atoms with van der Waals surface area (Å²) in [4.78, 5) is 24.9. The lowest BCUT2D eigenvalue weighted by Crippen LogP contribution is -2.22. The lowest BCUT2D eigenvalue weighted by molar-refractivity contribution is 0.0203. The van der Waals surface area contributed by atoms with Crippen molar-refractivity contribution in [2.75, 3.05) is 6.61 Å². The molecule has 144 valence electrons. The average molecular weight is 360 g/mol. The Morgan fingerprint density at radius 2 is 1.62 bits per heavy atom. The van der Waals surface area contributed by atoms with E-state index in [4.69, 9.17) is 9.47 Å². The van der Waals surface area contributed by atoms with E-state index in [1.165, 1.54) is 12.8 Å². The van der Waals surface area contributed by atoms with Crippen LogP contribution in [0, 0.1) is 5.92 Å². The normalized spacial score (nSPS) is 15.0. The first-order valence-corrected chi connectivity index (χ1v) is 10.0. The summed E-state index contributed by atoms with van der Waals surface area (Å²) in [6.45, 7) is 4.82. The van der Waals surface area contributed by atoms with Crippen molar-refractivity contribution in [2.45, 2.75) is 77.7 Å². The molecule has 0 heterocycles. The molecule has 4 nitrogen and oxygen atoms in total. The number of benzene rings is 1. The highest BCUT2D eigenvalue weighted by molar-refractivity contribution is 6.03. The minimum atomic E-state index is -0.440. The molecule has 1 aromatic carbocycles. The van der Waals surface area contributed by atoms with Crippen LogP contribution in [0.5, 0.6) is 0 Å². The van der Waals surface area contributed by atoms with Crippen molar-refractivity contribution >= 4 is 11.9 Å². The number of carbonyl (C=O) groups is 2. The lowest BCUT2D eigenvalue weighted by Gasteiger charge is -2.22. The van der Waals surface area contributed by atoms with Crippen molar-refractivity contribution in [1.29, 1.82) is 0 Å². The van der Waals surface area contributed by atoms with Gasteiger partial charge in [0.05, 0.1) is 17.7 Å². The third-order valence-electron chi connectivity index (χ3n) is 4.85. The van der Waals surface area contributed by atoms with Crippen LogP contribution < -0.4 is 0 Å². The van der Waals surface area contributed by atoms with Gasteiger partial charge in [0.1, 0.15) is 6.10 Å². The Bertz CT molecular complexity index is 573. The van der Waals surface area contributed by atoms with E-state index in [0.717, 1.165) is 44.9 Å². The second-order valence-corrected chi connectivity index (χ2v) is 7.59.